The molecule has 1 aliphatic rings. The van der Waals surface area contributed by atoms with Crippen molar-refractivity contribution in [1.82, 2.24) is 4.90 Å². The van der Waals surface area contributed by atoms with Crippen molar-refractivity contribution in [3.05, 3.63) is 29.8 Å². The number of nitrogens with zero attached hydrogens (tertiary/aromatic N) is 1. The highest BCUT2D eigenvalue weighted by atomic mass is 31.2. The van der Waals surface area contributed by atoms with Crippen molar-refractivity contribution in [1.29, 1.82) is 0 Å². The van der Waals surface area contributed by atoms with E-state index in [0.29, 0.717) is 24.2 Å². The average Bonchev–Trinajstić information content (AvgIpc) is 3.17. The van der Waals surface area contributed by atoms with Crippen LogP contribution in [0.2, 0.25) is 0 Å². The van der Waals surface area contributed by atoms with Crippen LogP contribution >= 0.6 is 7.60 Å². The molecule has 1 aromatic rings. The van der Waals surface area contributed by atoms with Crippen LogP contribution < -0.4 is 5.32 Å². The molecule has 0 radical (unpaired) electrons. The van der Waals surface area contributed by atoms with Crippen LogP contribution in [0.4, 0.5) is 10.5 Å². The zero-order valence-corrected chi connectivity index (χ0v) is 19.0. The molecule has 1 saturated heterocycles. The molecule has 2 N–H and O–H groups in total. The molecule has 0 spiro atoms. The second-order valence-electron chi connectivity index (χ2n) is 8.12. The van der Waals surface area contributed by atoms with Crippen LogP contribution in [0, 0.1) is 0 Å². The van der Waals surface area contributed by atoms with Gasteiger partial charge in [-0.2, -0.15) is 0 Å². The fraction of sp³-hybridized carbons (Fsp3) is 0.600. The molecular formula is C20H31N2O7P. The summed E-state index contributed by atoms with van der Waals surface area (Å²) in [5.74, 6) is -0.296. The highest BCUT2D eigenvalue weighted by molar-refractivity contribution is 7.53. The first-order valence-electron chi connectivity index (χ1n) is 9.77. The van der Waals surface area contributed by atoms with Crippen LogP contribution in [-0.2, 0) is 23.1 Å². The van der Waals surface area contributed by atoms with Crippen molar-refractivity contribution in [3.63, 3.8) is 0 Å². The number of aliphatic hydroxyl groups is 1. The number of carbonyl (C=O) groups excluding carboxylic acids is 2. The van der Waals surface area contributed by atoms with Crippen LogP contribution in [0.5, 0.6) is 0 Å². The van der Waals surface area contributed by atoms with E-state index in [1.54, 1.807) is 45.0 Å². The number of rotatable bonds is 7. The van der Waals surface area contributed by atoms with E-state index in [9.17, 15) is 19.3 Å². The summed E-state index contributed by atoms with van der Waals surface area (Å²) < 4.78 is 27.2. The summed E-state index contributed by atoms with van der Waals surface area (Å²) in [5, 5.41) is 13.1. The standard InChI is InChI=1S/C20H31N2O7P/c1-20(2,3)29-19(25)22-12-6-7-16(22)18(24)21-15-10-8-14(9-11-15)17(23)13-30(26,27-4)28-5/h8-11,16-17,23H,6-7,12-13H2,1-5H3,(H,21,24)/t16-,17-/m0/s1. The Balaban J connectivity index is 2.00. The summed E-state index contributed by atoms with van der Waals surface area (Å²) in [6.45, 7) is 5.82. The van der Waals surface area contributed by atoms with Crippen molar-refractivity contribution in [2.75, 3.05) is 32.2 Å². The van der Waals surface area contributed by atoms with E-state index >= 15 is 0 Å². The molecule has 2 amide bonds. The van der Waals surface area contributed by atoms with Gasteiger partial charge in [-0.3, -0.25) is 14.3 Å². The average molecular weight is 442 g/mol. The summed E-state index contributed by atoms with van der Waals surface area (Å²) in [4.78, 5) is 26.5. The lowest BCUT2D eigenvalue weighted by atomic mass is 10.1. The maximum Gasteiger partial charge on any atom is 0.410 e. The Bertz CT molecular complexity index is 783. The minimum Gasteiger partial charge on any atom is -0.444 e. The largest absolute Gasteiger partial charge is 0.444 e. The molecule has 1 aliphatic heterocycles. The van der Waals surface area contributed by atoms with Gasteiger partial charge < -0.3 is 24.2 Å². The smallest absolute Gasteiger partial charge is 0.410 e. The van der Waals surface area contributed by atoms with Gasteiger partial charge in [0.2, 0.25) is 5.91 Å². The topological polar surface area (TPSA) is 114 Å². The van der Waals surface area contributed by atoms with Gasteiger partial charge in [-0.1, -0.05) is 12.1 Å². The van der Waals surface area contributed by atoms with E-state index in [2.05, 4.69) is 5.32 Å². The van der Waals surface area contributed by atoms with Crippen LogP contribution in [0.15, 0.2) is 24.3 Å². The van der Waals surface area contributed by atoms with Crippen LogP contribution in [0.1, 0.15) is 45.3 Å². The molecule has 2 rings (SSSR count). The van der Waals surface area contributed by atoms with E-state index in [4.69, 9.17) is 13.8 Å². The van der Waals surface area contributed by atoms with E-state index < -0.39 is 31.4 Å². The summed E-state index contributed by atoms with van der Waals surface area (Å²) in [7, 11) is -0.826. The zero-order chi connectivity index (χ0) is 22.5. The Morgan fingerprint density at radius 3 is 2.37 bits per heavy atom. The third-order valence-electron chi connectivity index (χ3n) is 4.70. The second-order valence-corrected chi connectivity index (χ2v) is 10.4. The first kappa shape index (κ1) is 24.3. The molecule has 30 heavy (non-hydrogen) atoms. The third-order valence-corrected chi connectivity index (χ3v) is 6.61. The molecule has 0 aromatic heterocycles. The quantitative estimate of drug-likeness (QED) is 0.621. The molecule has 9 nitrogen and oxygen atoms in total. The van der Waals surface area contributed by atoms with E-state index in [1.165, 1.54) is 19.1 Å². The predicted octanol–water partition coefficient (Wildman–Crippen LogP) is 3.54. The van der Waals surface area contributed by atoms with Gasteiger partial charge in [0, 0.05) is 26.5 Å². The van der Waals surface area contributed by atoms with Gasteiger partial charge in [0.1, 0.15) is 11.6 Å². The zero-order valence-electron chi connectivity index (χ0n) is 18.1. The number of anilines is 1. The number of nitrogens with one attached hydrogen (secondary N) is 1. The molecule has 2 atom stereocenters. The Labute approximate surface area is 177 Å². The summed E-state index contributed by atoms with van der Waals surface area (Å²) in [6, 6.07) is 5.91. The Morgan fingerprint density at radius 2 is 1.83 bits per heavy atom. The number of hydrogen-bond acceptors (Lipinski definition) is 7. The number of benzene rings is 1. The summed E-state index contributed by atoms with van der Waals surface area (Å²) >= 11 is 0. The van der Waals surface area contributed by atoms with Crippen molar-refractivity contribution < 1.29 is 33.0 Å². The van der Waals surface area contributed by atoms with Gasteiger partial charge in [-0.15, -0.1) is 0 Å². The van der Waals surface area contributed by atoms with Crippen molar-refractivity contribution >= 4 is 25.3 Å². The highest BCUT2D eigenvalue weighted by Crippen LogP contribution is 2.49. The predicted molar refractivity (Wildman–Crippen MR) is 112 cm³/mol. The molecule has 1 aromatic carbocycles. The van der Waals surface area contributed by atoms with Gasteiger partial charge in [-0.05, 0) is 51.3 Å². The number of likely N-dealkylation sites (tertiary alicyclic amines) is 1. The number of hydrogen-bond donors (Lipinski definition) is 2. The lowest BCUT2D eigenvalue weighted by Gasteiger charge is -2.28. The minimum atomic E-state index is -3.35. The Hall–Kier alpha value is -1.93. The van der Waals surface area contributed by atoms with E-state index in [-0.39, 0.29) is 12.1 Å². The van der Waals surface area contributed by atoms with Crippen molar-refractivity contribution in [3.8, 4) is 0 Å². The van der Waals surface area contributed by atoms with Crippen LogP contribution in [0.25, 0.3) is 0 Å². The fourth-order valence-electron chi connectivity index (χ4n) is 3.13. The first-order chi connectivity index (χ1) is 14.0. The van der Waals surface area contributed by atoms with Crippen molar-refractivity contribution in [2.24, 2.45) is 0 Å². The monoisotopic (exact) mass is 442 g/mol. The molecule has 1 heterocycles. The fourth-order valence-corrected chi connectivity index (χ4v) is 4.21. The lowest BCUT2D eigenvalue weighted by molar-refractivity contribution is -0.120. The molecule has 168 valence electrons. The minimum absolute atomic E-state index is 0.182. The number of amides is 2. The maximum absolute atomic E-state index is 12.7. The molecule has 0 bridgehead atoms. The van der Waals surface area contributed by atoms with E-state index in [0.717, 1.165) is 6.42 Å². The van der Waals surface area contributed by atoms with Gasteiger partial charge in [0.15, 0.2) is 0 Å². The lowest BCUT2D eigenvalue weighted by Crippen LogP contribution is -2.45. The Kier molecular flexibility index (Phi) is 8.05. The van der Waals surface area contributed by atoms with E-state index in [1.807, 2.05) is 0 Å². The molecule has 1 fully saturated rings. The second kappa shape index (κ2) is 9.92. The van der Waals surface area contributed by atoms with Crippen LogP contribution in [-0.4, -0.2) is 60.6 Å². The number of aliphatic hydroxyl groups excluding tert-OH is 1. The molecule has 0 unspecified atom stereocenters. The molecular weight excluding hydrogens is 411 g/mol. The maximum atomic E-state index is 12.7. The number of ether oxygens (including phenoxy) is 1. The van der Waals surface area contributed by atoms with Gasteiger partial charge in [0.05, 0.1) is 12.3 Å². The normalized spacial score (nSPS) is 18.2. The van der Waals surface area contributed by atoms with Crippen LogP contribution in [0.3, 0.4) is 0 Å². The molecule has 10 heteroatoms. The first-order valence-corrected chi connectivity index (χ1v) is 11.5. The Morgan fingerprint density at radius 1 is 1.23 bits per heavy atom. The summed E-state index contributed by atoms with van der Waals surface area (Å²) in [6.07, 6.45) is -0.442. The summed E-state index contributed by atoms with van der Waals surface area (Å²) in [5.41, 5.74) is 0.402. The third kappa shape index (κ3) is 6.54. The van der Waals surface area contributed by atoms with Gasteiger partial charge >= 0.3 is 13.7 Å². The molecule has 0 aliphatic carbocycles. The highest BCUT2D eigenvalue weighted by Gasteiger charge is 2.36. The van der Waals surface area contributed by atoms with Gasteiger partial charge in [-0.25, -0.2) is 4.79 Å². The van der Waals surface area contributed by atoms with Gasteiger partial charge in [0.25, 0.3) is 0 Å². The van der Waals surface area contributed by atoms with Crippen molar-refractivity contribution in [2.45, 2.75) is 51.4 Å². The SMILES string of the molecule is COP(=O)(C[C@H](O)c1ccc(NC(=O)[C@@H]2CCCN2C(=O)OC(C)(C)C)cc1)OC. The number of carbonyl (C=O) groups is 2. The molecule has 0 saturated carbocycles.